The number of rotatable bonds is 14. The van der Waals surface area contributed by atoms with Crippen LogP contribution in [0.15, 0.2) is 152 Å². The zero-order valence-corrected chi connectivity index (χ0v) is 31.8. The highest BCUT2D eigenvalue weighted by molar-refractivity contribution is 7.97. The SMILES string of the molecule is CCCCC(NC(=O)C(C)NC(=O)CNC(=O)c1ccccc1)C(=O)C(C#N)=P(c1ccccc1)(c1ccccc1)c1ccccc1.Cc1ccccc1. The molecule has 0 aliphatic rings. The minimum absolute atomic E-state index is 0.0859. The average Bonchev–Trinajstić information content (AvgIpc) is 3.22. The summed E-state index contributed by atoms with van der Waals surface area (Å²) in [6, 6.07) is 47.9. The van der Waals surface area contributed by atoms with Crippen molar-refractivity contribution in [2.45, 2.75) is 52.1 Å². The number of Topliss-reactive ketones (excluding diaryl/α,β-unsaturated/α-hetero) is 1. The van der Waals surface area contributed by atoms with Crippen molar-refractivity contribution in [2.24, 2.45) is 0 Å². The van der Waals surface area contributed by atoms with Gasteiger partial charge in [-0.3, -0.25) is 19.2 Å². The molecule has 5 aromatic carbocycles. The van der Waals surface area contributed by atoms with Crippen LogP contribution in [0.5, 0.6) is 0 Å². The van der Waals surface area contributed by atoms with Crippen molar-refractivity contribution in [3.8, 4) is 6.07 Å². The number of unbranched alkanes of at least 4 members (excludes halogenated alkanes) is 1. The molecule has 0 fully saturated rings. The van der Waals surface area contributed by atoms with Crippen molar-refractivity contribution in [2.75, 3.05) is 6.54 Å². The van der Waals surface area contributed by atoms with Gasteiger partial charge in [0.25, 0.3) is 5.91 Å². The summed E-state index contributed by atoms with van der Waals surface area (Å²) < 4.78 is 0. The molecule has 0 aromatic heterocycles. The van der Waals surface area contributed by atoms with Crippen LogP contribution in [0.1, 0.15) is 49.0 Å². The second-order valence-corrected chi connectivity index (χ2v) is 16.0. The second kappa shape index (κ2) is 20.9. The zero-order chi connectivity index (χ0) is 38.8. The lowest BCUT2D eigenvalue weighted by Gasteiger charge is -2.31. The summed E-state index contributed by atoms with van der Waals surface area (Å²) in [5.41, 5.74) is 1.73. The lowest BCUT2D eigenvalue weighted by Crippen LogP contribution is -2.53. The van der Waals surface area contributed by atoms with Crippen molar-refractivity contribution in [3.05, 3.63) is 163 Å². The van der Waals surface area contributed by atoms with Crippen molar-refractivity contribution in [3.63, 3.8) is 0 Å². The number of benzene rings is 5. The van der Waals surface area contributed by atoms with E-state index in [9.17, 15) is 24.4 Å². The number of hydrogen-bond acceptors (Lipinski definition) is 5. The van der Waals surface area contributed by atoms with E-state index in [1.54, 1.807) is 30.3 Å². The Balaban J connectivity index is 0.000000831. The Labute approximate surface area is 318 Å². The zero-order valence-electron chi connectivity index (χ0n) is 30.9. The van der Waals surface area contributed by atoms with Gasteiger partial charge in [0.05, 0.1) is 12.6 Å². The number of aryl methyl sites for hydroxylation is 1. The Kier molecular flexibility index (Phi) is 15.7. The molecule has 0 heterocycles. The van der Waals surface area contributed by atoms with Crippen LogP contribution in [0, 0.1) is 18.3 Å². The molecule has 2 unspecified atom stereocenters. The van der Waals surface area contributed by atoms with Crippen molar-refractivity contribution in [1.29, 1.82) is 5.26 Å². The number of carbonyl (C=O) groups excluding carboxylic acids is 4. The molecule has 5 rings (SSSR count). The normalized spacial score (nSPS) is 11.7. The summed E-state index contributed by atoms with van der Waals surface area (Å²) in [6.45, 7) is 2.26. The second-order valence-electron chi connectivity index (χ2n) is 12.7. The molecule has 5 aromatic rings. The van der Waals surface area contributed by atoms with E-state index in [1.807, 2.05) is 116 Å². The number of nitrogens with one attached hydrogen (secondary N) is 3. The lowest BCUT2D eigenvalue weighted by molar-refractivity contribution is -0.129. The molecule has 0 spiro atoms. The maximum absolute atomic E-state index is 14.7. The lowest BCUT2D eigenvalue weighted by atomic mass is 10.0. The third-order valence-corrected chi connectivity index (χ3v) is 13.0. The van der Waals surface area contributed by atoms with Crippen LogP contribution in [0.3, 0.4) is 0 Å². The molecule has 54 heavy (non-hydrogen) atoms. The van der Waals surface area contributed by atoms with Gasteiger partial charge in [0.2, 0.25) is 11.8 Å². The van der Waals surface area contributed by atoms with Gasteiger partial charge in [0.15, 0.2) is 5.78 Å². The van der Waals surface area contributed by atoms with E-state index < -0.39 is 42.5 Å². The number of ketones is 1. The van der Waals surface area contributed by atoms with Gasteiger partial charge in [-0.05, 0) is 55.2 Å². The summed E-state index contributed by atoms with van der Waals surface area (Å²) in [7, 11) is 0. The highest BCUT2D eigenvalue weighted by Gasteiger charge is 2.36. The Bertz CT molecular complexity index is 1960. The Morgan fingerprint density at radius 3 is 1.52 bits per heavy atom. The number of nitrogens with zero attached hydrogens (tertiary/aromatic N) is 1. The van der Waals surface area contributed by atoms with E-state index in [0.29, 0.717) is 18.4 Å². The molecule has 8 nitrogen and oxygen atoms in total. The van der Waals surface area contributed by atoms with Crippen molar-refractivity contribution < 1.29 is 19.2 Å². The smallest absolute Gasteiger partial charge is 0.251 e. The fourth-order valence-electron chi connectivity index (χ4n) is 5.97. The molecule has 0 saturated heterocycles. The van der Waals surface area contributed by atoms with Gasteiger partial charge in [0, 0.05) is 5.56 Å². The summed E-state index contributed by atoms with van der Waals surface area (Å²) in [5.74, 6) is -1.99. The van der Waals surface area contributed by atoms with Crippen molar-refractivity contribution in [1.82, 2.24) is 16.0 Å². The molecule has 0 bridgehead atoms. The minimum Gasteiger partial charge on any atom is -0.344 e. The third kappa shape index (κ3) is 10.8. The van der Waals surface area contributed by atoms with Crippen LogP contribution >= 0.6 is 6.89 Å². The maximum atomic E-state index is 14.7. The van der Waals surface area contributed by atoms with Gasteiger partial charge in [-0.25, -0.2) is 0 Å². The van der Waals surface area contributed by atoms with E-state index in [-0.39, 0.29) is 11.8 Å². The largest absolute Gasteiger partial charge is 0.344 e. The van der Waals surface area contributed by atoms with E-state index in [4.69, 9.17) is 0 Å². The van der Waals surface area contributed by atoms with E-state index >= 15 is 0 Å². The van der Waals surface area contributed by atoms with Gasteiger partial charge in [0.1, 0.15) is 17.4 Å². The van der Waals surface area contributed by atoms with Gasteiger partial charge in [-0.1, -0.05) is 165 Å². The monoisotopic (exact) mass is 738 g/mol. The van der Waals surface area contributed by atoms with Crippen LogP contribution < -0.4 is 31.9 Å². The number of carbonyl (C=O) groups is 4. The molecule has 276 valence electrons. The maximum Gasteiger partial charge on any atom is 0.251 e. The Hall–Kier alpha value is -6.03. The Morgan fingerprint density at radius 1 is 0.667 bits per heavy atom. The van der Waals surface area contributed by atoms with E-state index in [0.717, 1.165) is 22.3 Å². The first-order chi connectivity index (χ1) is 26.2. The first kappa shape index (κ1) is 40.7. The molecular weight excluding hydrogens is 691 g/mol. The number of hydrogen-bond donors (Lipinski definition) is 3. The highest BCUT2D eigenvalue weighted by atomic mass is 31.2. The van der Waals surface area contributed by atoms with E-state index in [1.165, 1.54) is 12.5 Å². The topological polar surface area (TPSA) is 128 Å². The number of amides is 3. The summed E-state index contributed by atoms with van der Waals surface area (Å²) >= 11 is 0. The summed E-state index contributed by atoms with van der Waals surface area (Å²) in [6.07, 6.45) is 1.72. The molecule has 3 N–H and O–H groups in total. The standard InChI is InChI=1S/C38H39N4O4P.C7H8/c1-3-4-25-33(42-37(45)28(2)41-35(43)27-40-38(46)29-17-9-5-10-18-29)36(44)34(26-39)47(30-19-11-6-12-20-30,31-21-13-7-14-22-31)32-23-15-8-16-24-32;1-7-5-3-2-4-6-7/h5-24,28,33H,3-4,25,27H2,1-2H3,(H,40,46)(H,41,43)(H,42,45);2-6H,1H3. The first-order valence-electron chi connectivity index (χ1n) is 18.0. The van der Waals surface area contributed by atoms with E-state index in [2.05, 4.69) is 41.1 Å². The highest BCUT2D eigenvalue weighted by Crippen LogP contribution is 2.46. The molecular formula is C45H47N4O4P. The summed E-state index contributed by atoms with van der Waals surface area (Å²) in [5, 5.41) is 21.5. The molecule has 0 aliphatic carbocycles. The predicted octanol–water partition coefficient (Wildman–Crippen LogP) is 5.85. The third-order valence-electron chi connectivity index (χ3n) is 8.74. The fourth-order valence-corrected chi connectivity index (χ4v) is 10.1. The molecule has 9 heteroatoms. The average molecular weight is 739 g/mol. The molecule has 2 atom stereocenters. The predicted molar refractivity (Wildman–Crippen MR) is 220 cm³/mol. The molecule has 3 amide bonds. The first-order valence-corrected chi connectivity index (χ1v) is 19.8. The van der Waals surface area contributed by atoms with Crippen LogP contribution in [0.25, 0.3) is 0 Å². The van der Waals surface area contributed by atoms with Crippen LogP contribution in [0.4, 0.5) is 0 Å². The van der Waals surface area contributed by atoms with Crippen LogP contribution in [-0.2, 0) is 14.4 Å². The molecule has 0 aliphatic heterocycles. The fraction of sp³-hybridized carbons (Fsp3) is 0.200. The minimum atomic E-state index is -2.99. The van der Waals surface area contributed by atoms with Gasteiger partial charge < -0.3 is 16.0 Å². The molecule has 0 radical (unpaired) electrons. The van der Waals surface area contributed by atoms with Crippen molar-refractivity contribution >= 4 is 51.6 Å². The quantitative estimate of drug-likeness (QED) is 0.123. The summed E-state index contributed by atoms with van der Waals surface area (Å²) in [4.78, 5) is 53.1. The molecule has 0 saturated carbocycles. The van der Waals surface area contributed by atoms with Gasteiger partial charge >= 0.3 is 0 Å². The number of nitriles is 1. The van der Waals surface area contributed by atoms with Crippen LogP contribution in [0.2, 0.25) is 0 Å². The van der Waals surface area contributed by atoms with Gasteiger partial charge in [-0.15, -0.1) is 0 Å². The van der Waals surface area contributed by atoms with Gasteiger partial charge in [-0.2, -0.15) is 5.26 Å². The Morgan fingerprint density at radius 2 is 1.11 bits per heavy atom. The van der Waals surface area contributed by atoms with Crippen LogP contribution in [-0.4, -0.2) is 47.4 Å².